The summed E-state index contributed by atoms with van der Waals surface area (Å²) in [5.74, 6) is 0.216. The molecule has 1 heterocycles. The van der Waals surface area contributed by atoms with Crippen molar-refractivity contribution < 1.29 is 23.6 Å². The number of benzene rings is 3. The van der Waals surface area contributed by atoms with Crippen LogP contribution in [0.15, 0.2) is 79.0 Å². The molecule has 1 amide bonds. The van der Waals surface area contributed by atoms with Gasteiger partial charge in [-0.05, 0) is 55.0 Å². The van der Waals surface area contributed by atoms with Gasteiger partial charge in [0.05, 0.1) is 16.7 Å². The van der Waals surface area contributed by atoms with Crippen molar-refractivity contribution in [2.45, 2.75) is 13.7 Å². The summed E-state index contributed by atoms with van der Waals surface area (Å²) in [6.07, 6.45) is 1.54. The summed E-state index contributed by atoms with van der Waals surface area (Å²) in [6.45, 7) is 1.90. The van der Waals surface area contributed by atoms with Crippen molar-refractivity contribution >= 4 is 17.3 Å². The van der Waals surface area contributed by atoms with E-state index in [0.29, 0.717) is 11.5 Å². The minimum atomic E-state index is -0.569. The van der Waals surface area contributed by atoms with Crippen LogP contribution in [0.3, 0.4) is 0 Å². The van der Waals surface area contributed by atoms with Gasteiger partial charge in [-0.1, -0.05) is 12.1 Å². The Hall–Kier alpha value is -4.73. The van der Waals surface area contributed by atoms with Gasteiger partial charge in [0.1, 0.15) is 23.1 Å². The van der Waals surface area contributed by atoms with E-state index in [2.05, 4.69) is 10.4 Å². The Morgan fingerprint density at radius 2 is 1.85 bits per heavy atom. The van der Waals surface area contributed by atoms with Gasteiger partial charge in [-0.3, -0.25) is 14.9 Å². The number of anilines is 1. The van der Waals surface area contributed by atoms with Crippen LogP contribution >= 0.6 is 0 Å². The van der Waals surface area contributed by atoms with Crippen molar-refractivity contribution in [1.29, 1.82) is 0 Å². The molecule has 172 valence electrons. The van der Waals surface area contributed by atoms with E-state index in [0.717, 1.165) is 5.56 Å². The summed E-state index contributed by atoms with van der Waals surface area (Å²) in [5.41, 5.74) is 0.989. The number of nitro groups is 1. The molecule has 0 atom stereocenters. The average molecular weight is 462 g/mol. The molecule has 9 nitrogen and oxygen atoms in total. The normalized spacial score (nSPS) is 10.5. The van der Waals surface area contributed by atoms with E-state index in [1.807, 2.05) is 13.0 Å². The molecule has 4 aromatic rings. The smallest absolute Gasteiger partial charge is 0.276 e. The van der Waals surface area contributed by atoms with Crippen molar-refractivity contribution in [3.8, 4) is 17.2 Å². The molecule has 1 N–H and O–H groups in total. The van der Waals surface area contributed by atoms with Crippen LogP contribution in [-0.4, -0.2) is 20.6 Å². The monoisotopic (exact) mass is 462 g/mol. The number of halogens is 1. The maximum atomic E-state index is 13.0. The Kier molecular flexibility index (Phi) is 6.49. The Labute approximate surface area is 193 Å². The number of rotatable bonds is 8. The summed E-state index contributed by atoms with van der Waals surface area (Å²) in [6, 6.07) is 18.2. The number of hydrogen-bond acceptors (Lipinski definition) is 6. The fourth-order valence-electron chi connectivity index (χ4n) is 3.06. The van der Waals surface area contributed by atoms with E-state index in [-0.39, 0.29) is 35.4 Å². The van der Waals surface area contributed by atoms with Crippen LogP contribution in [0.25, 0.3) is 0 Å². The van der Waals surface area contributed by atoms with Crippen molar-refractivity contribution in [1.82, 2.24) is 9.78 Å². The maximum Gasteiger partial charge on any atom is 0.276 e. The number of aryl methyl sites for hydroxylation is 1. The third-order valence-electron chi connectivity index (χ3n) is 4.64. The van der Waals surface area contributed by atoms with Gasteiger partial charge in [0, 0.05) is 18.3 Å². The van der Waals surface area contributed by atoms with E-state index in [9.17, 15) is 19.3 Å². The minimum absolute atomic E-state index is 0.00417. The van der Waals surface area contributed by atoms with Crippen LogP contribution in [-0.2, 0) is 6.73 Å². The molecular formula is C24H19FN4O5. The molecule has 0 bridgehead atoms. The van der Waals surface area contributed by atoms with Crippen LogP contribution in [0.1, 0.15) is 16.1 Å². The summed E-state index contributed by atoms with van der Waals surface area (Å²) in [4.78, 5) is 23.5. The Bertz CT molecular complexity index is 1340. The molecule has 3 aromatic carbocycles. The highest BCUT2D eigenvalue weighted by Gasteiger charge is 2.15. The highest BCUT2D eigenvalue weighted by molar-refractivity contribution is 6.03. The van der Waals surface area contributed by atoms with E-state index < -0.39 is 10.8 Å². The summed E-state index contributed by atoms with van der Waals surface area (Å²) in [7, 11) is 0. The van der Waals surface area contributed by atoms with E-state index >= 15 is 0 Å². The van der Waals surface area contributed by atoms with Gasteiger partial charge in [0.25, 0.3) is 11.6 Å². The second-order valence-electron chi connectivity index (χ2n) is 7.31. The molecule has 0 aliphatic rings. The standard InChI is InChI=1S/C24H19FN4O5/c1-16-3-2-4-21(11-16)34-22-13-18(12-19(14-22)29(31)32)26-24(30)23-9-10-28(27-23)15-33-20-7-5-17(25)6-8-20/h2-14H,15H2,1H3,(H,26,30). The molecule has 0 aliphatic carbocycles. The molecule has 0 saturated heterocycles. The quantitative estimate of drug-likeness (QED) is 0.280. The lowest BCUT2D eigenvalue weighted by molar-refractivity contribution is -0.384. The van der Waals surface area contributed by atoms with Crippen LogP contribution in [0.2, 0.25) is 0 Å². The van der Waals surface area contributed by atoms with Gasteiger partial charge in [-0.25, -0.2) is 9.07 Å². The first-order valence-electron chi connectivity index (χ1n) is 10.1. The number of ether oxygens (including phenoxy) is 2. The zero-order valence-electron chi connectivity index (χ0n) is 18.0. The van der Waals surface area contributed by atoms with E-state index in [4.69, 9.17) is 9.47 Å². The predicted octanol–water partition coefficient (Wildman–Crippen LogP) is 5.32. The maximum absolute atomic E-state index is 13.0. The Morgan fingerprint density at radius 1 is 1.06 bits per heavy atom. The first kappa shape index (κ1) is 22.5. The van der Waals surface area contributed by atoms with Gasteiger partial charge >= 0.3 is 0 Å². The lowest BCUT2D eigenvalue weighted by Crippen LogP contribution is -2.14. The van der Waals surface area contributed by atoms with E-state index in [1.165, 1.54) is 59.4 Å². The fraction of sp³-hybridized carbons (Fsp3) is 0.0833. The number of aromatic nitrogens is 2. The number of non-ortho nitro benzene ring substituents is 1. The highest BCUT2D eigenvalue weighted by Crippen LogP contribution is 2.30. The first-order valence-corrected chi connectivity index (χ1v) is 10.1. The minimum Gasteiger partial charge on any atom is -0.471 e. The second kappa shape index (κ2) is 9.82. The number of amides is 1. The van der Waals surface area contributed by atoms with Gasteiger partial charge in [0.15, 0.2) is 12.4 Å². The van der Waals surface area contributed by atoms with Gasteiger partial charge in [0.2, 0.25) is 0 Å². The lowest BCUT2D eigenvalue weighted by Gasteiger charge is -2.09. The van der Waals surface area contributed by atoms with Gasteiger partial charge < -0.3 is 14.8 Å². The molecule has 0 aliphatic heterocycles. The predicted molar refractivity (Wildman–Crippen MR) is 122 cm³/mol. The number of hydrogen-bond donors (Lipinski definition) is 1. The zero-order chi connectivity index (χ0) is 24.1. The van der Waals surface area contributed by atoms with Crippen molar-refractivity contribution in [3.05, 3.63) is 106 Å². The molecule has 0 unspecified atom stereocenters. The molecule has 1 aromatic heterocycles. The topological polar surface area (TPSA) is 109 Å². The average Bonchev–Trinajstić information content (AvgIpc) is 3.28. The van der Waals surface area contributed by atoms with Crippen molar-refractivity contribution in [3.63, 3.8) is 0 Å². The third-order valence-corrected chi connectivity index (χ3v) is 4.64. The zero-order valence-corrected chi connectivity index (χ0v) is 18.0. The molecule has 4 rings (SSSR count). The van der Waals surface area contributed by atoms with E-state index in [1.54, 1.807) is 18.2 Å². The molecule has 0 fully saturated rings. The Morgan fingerprint density at radius 3 is 2.59 bits per heavy atom. The largest absolute Gasteiger partial charge is 0.471 e. The third kappa shape index (κ3) is 5.74. The number of nitrogens with one attached hydrogen (secondary N) is 1. The number of nitro benzene ring substituents is 1. The molecule has 0 radical (unpaired) electrons. The molecule has 10 heteroatoms. The summed E-state index contributed by atoms with van der Waals surface area (Å²) >= 11 is 0. The van der Waals surface area contributed by atoms with Crippen molar-refractivity contribution in [2.75, 3.05) is 5.32 Å². The number of carbonyl (C=O) groups excluding carboxylic acids is 1. The molecule has 0 saturated carbocycles. The number of carbonyl (C=O) groups is 1. The molecular weight excluding hydrogens is 443 g/mol. The van der Waals surface area contributed by atoms with Gasteiger partial charge in [-0.15, -0.1) is 0 Å². The Balaban J connectivity index is 1.46. The SMILES string of the molecule is Cc1cccc(Oc2cc(NC(=O)c3ccn(COc4ccc(F)cc4)n3)cc([N+](=O)[O-])c2)c1. The van der Waals surface area contributed by atoms with Crippen LogP contribution in [0.4, 0.5) is 15.8 Å². The number of nitrogens with zero attached hydrogens (tertiary/aromatic N) is 3. The van der Waals surface area contributed by atoms with Gasteiger partial charge in [-0.2, -0.15) is 5.10 Å². The molecule has 34 heavy (non-hydrogen) atoms. The van der Waals surface area contributed by atoms with Crippen LogP contribution in [0.5, 0.6) is 17.2 Å². The summed E-state index contributed by atoms with van der Waals surface area (Å²) < 4.78 is 25.6. The molecule has 0 spiro atoms. The fourth-order valence-corrected chi connectivity index (χ4v) is 3.06. The van der Waals surface area contributed by atoms with Crippen molar-refractivity contribution in [2.24, 2.45) is 0 Å². The highest BCUT2D eigenvalue weighted by atomic mass is 19.1. The first-order chi connectivity index (χ1) is 16.4. The second-order valence-corrected chi connectivity index (χ2v) is 7.31. The van der Waals surface area contributed by atoms with Crippen LogP contribution < -0.4 is 14.8 Å². The lowest BCUT2D eigenvalue weighted by atomic mass is 10.2. The summed E-state index contributed by atoms with van der Waals surface area (Å²) in [5, 5.41) is 18.1. The van der Waals surface area contributed by atoms with Crippen LogP contribution in [0, 0.1) is 22.9 Å².